The Kier molecular flexibility index (Phi) is 0.808. The molecule has 6 rings (SSSR count). The zero-order valence-electron chi connectivity index (χ0n) is 9.45. The summed E-state index contributed by atoms with van der Waals surface area (Å²) in [5, 5.41) is 3.15. The Morgan fingerprint density at radius 3 is 1.93 bits per heavy atom. The summed E-state index contributed by atoms with van der Waals surface area (Å²) in [6, 6.07) is 0.314. The van der Waals surface area contributed by atoms with E-state index in [2.05, 4.69) is 26.1 Å². The first-order valence-electron chi connectivity index (χ1n) is 6.38. The van der Waals surface area contributed by atoms with E-state index in [0.29, 0.717) is 11.9 Å². The molecule has 0 saturated heterocycles. The van der Waals surface area contributed by atoms with Crippen molar-refractivity contribution < 1.29 is 4.79 Å². The Balaban J connectivity index is 1.49. The Hall–Kier alpha value is -0.530. The van der Waals surface area contributed by atoms with Gasteiger partial charge in [-0.2, -0.15) is 0 Å². The molecule has 0 aromatic heterocycles. The van der Waals surface area contributed by atoms with Gasteiger partial charge in [-0.15, -0.1) is 0 Å². The van der Waals surface area contributed by atoms with E-state index in [-0.39, 0.29) is 5.41 Å². The van der Waals surface area contributed by atoms with Gasteiger partial charge < -0.3 is 5.32 Å². The van der Waals surface area contributed by atoms with E-state index in [1.807, 2.05) is 0 Å². The van der Waals surface area contributed by atoms with Crippen molar-refractivity contribution in [2.24, 2.45) is 46.3 Å². The molecule has 0 aromatic rings. The molecule has 0 aliphatic heterocycles. The van der Waals surface area contributed by atoms with Gasteiger partial charge in [0.2, 0.25) is 5.91 Å². The first-order chi connectivity index (χ1) is 7.07. The van der Waals surface area contributed by atoms with Crippen LogP contribution in [0.4, 0.5) is 0 Å². The number of hydrogen-bond donors (Lipinski definition) is 1. The first kappa shape index (κ1) is 7.70. The number of nitrogens with one attached hydrogen (secondary N) is 1. The highest BCUT2D eigenvalue weighted by Gasteiger charge is 3.09. The van der Waals surface area contributed by atoms with Gasteiger partial charge in [-0.1, -0.05) is 6.92 Å². The molecule has 80 valence electrons. The van der Waals surface area contributed by atoms with Gasteiger partial charge in [0, 0.05) is 6.04 Å². The molecule has 2 heteroatoms. The van der Waals surface area contributed by atoms with Crippen LogP contribution in [-0.4, -0.2) is 11.9 Å². The van der Waals surface area contributed by atoms with Crippen LogP contribution in [-0.2, 0) is 4.79 Å². The summed E-state index contributed by atoms with van der Waals surface area (Å²) in [5.74, 6) is 5.77. The first-order valence-corrected chi connectivity index (χ1v) is 6.38. The maximum atomic E-state index is 12.2. The van der Waals surface area contributed by atoms with Crippen molar-refractivity contribution in [1.29, 1.82) is 0 Å². The number of rotatable bonds is 2. The number of carbonyl (C=O) groups is 1. The molecule has 0 aromatic carbocycles. The summed E-state index contributed by atoms with van der Waals surface area (Å²) in [7, 11) is 0. The minimum absolute atomic E-state index is 0.183. The minimum Gasteiger partial charge on any atom is -0.353 e. The maximum Gasteiger partial charge on any atom is 0.227 e. The molecule has 0 radical (unpaired) electrons. The molecule has 1 amide bonds. The van der Waals surface area contributed by atoms with Crippen molar-refractivity contribution >= 4 is 5.91 Å². The normalized spacial score (nSPS) is 73.1. The third-order valence-corrected chi connectivity index (χ3v) is 6.94. The fourth-order valence-corrected chi connectivity index (χ4v) is 6.91. The average molecular weight is 203 g/mol. The van der Waals surface area contributed by atoms with E-state index in [1.165, 1.54) is 0 Å². The SMILES string of the molecule is CC(C)NC(=O)C12C3C4C1C1C2C3C41C. The van der Waals surface area contributed by atoms with Crippen LogP contribution < -0.4 is 5.32 Å². The highest BCUT2D eigenvalue weighted by atomic mass is 16.2. The summed E-state index contributed by atoms with van der Waals surface area (Å²) in [5.41, 5.74) is 0.919. The summed E-state index contributed by atoms with van der Waals surface area (Å²) < 4.78 is 0. The zero-order chi connectivity index (χ0) is 10.3. The Bertz CT molecular complexity index is 371. The molecule has 0 heterocycles. The van der Waals surface area contributed by atoms with E-state index in [9.17, 15) is 4.79 Å². The second kappa shape index (κ2) is 1.57. The van der Waals surface area contributed by atoms with Crippen molar-refractivity contribution in [1.82, 2.24) is 5.32 Å². The van der Waals surface area contributed by atoms with Crippen molar-refractivity contribution in [3.63, 3.8) is 0 Å². The third-order valence-electron chi connectivity index (χ3n) is 6.94. The molecule has 15 heavy (non-hydrogen) atoms. The molecule has 0 atom stereocenters. The predicted octanol–water partition coefficient (Wildman–Crippen LogP) is 1.27. The molecule has 0 spiro atoms. The fourth-order valence-electron chi connectivity index (χ4n) is 6.91. The van der Waals surface area contributed by atoms with Crippen molar-refractivity contribution in [2.45, 2.75) is 26.8 Å². The molecular formula is C13H17NO. The lowest BCUT2D eigenvalue weighted by molar-refractivity contribution is -0.637. The lowest BCUT2D eigenvalue weighted by atomic mass is 8.92. The molecule has 6 fully saturated rings. The van der Waals surface area contributed by atoms with Crippen LogP contribution in [0.5, 0.6) is 0 Å². The van der Waals surface area contributed by atoms with Gasteiger partial charge in [-0.05, 0) is 54.8 Å². The lowest BCUT2D eigenvalue weighted by Gasteiger charge is -3.10. The smallest absolute Gasteiger partial charge is 0.227 e. The van der Waals surface area contributed by atoms with Gasteiger partial charge in [0.25, 0.3) is 0 Å². The molecule has 6 aliphatic rings. The molecule has 0 unspecified atom stereocenters. The van der Waals surface area contributed by atoms with Crippen LogP contribution >= 0.6 is 0 Å². The molecule has 0 bridgehead atoms. The van der Waals surface area contributed by atoms with E-state index in [0.717, 1.165) is 40.9 Å². The second-order valence-corrected chi connectivity index (χ2v) is 7.08. The summed E-state index contributed by atoms with van der Waals surface area (Å²) in [6.07, 6.45) is 0. The lowest BCUT2D eigenvalue weighted by Crippen LogP contribution is -3.10. The fraction of sp³-hybridized carbons (Fsp3) is 0.923. The van der Waals surface area contributed by atoms with Crippen LogP contribution in [0.25, 0.3) is 0 Å². The van der Waals surface area contributed by atoms with E-state index < -0.39 is 0 Å². The largest absolute Gasteiger partial charge is 0.353 e. The monoisotopic (exact) mass is 203 g/mol. The third kappa shape index (κ3) is 0.367. The summed E-state index contributed by atoms with van der Waals surface area (Å²) in [4.78, 5) is 12.2. The number of amides is 1. The molecule has 6 aliphatic carbocycles. The van der Waals surface area contributed by atoms with Gasteiger partial charge in [-0.25, -0.2) is 0 Å². The molecule has 1 N–H and O–H groups in total. The predicted molar refractivity (Wildman–Crippen MR) is 54.8 cm³/mol. The molecular weight excluding hydrogens is 186 g/mol. The van der Waals surface area contributed by atoms with Gasteiger partial charge in [0.15, 0.2) is 0 Å². The molecule has 2 nitrogen and oxygen atoms in total. The highest BCUT2D eigenvalue weighted by Crippen LogP contribution is 3.10. The minimum atomic E-state index is 0.183. The second-order valence-electron chi connectivity index (χ2n) is 7.08. The van der Waals surface area contributed by atoms with Gasteiger partial charge in [0.1, 0.15) is 0 Å². The van der Waals surface area contributed by atoms with Crippen LogP contribution in [0.2, 0.25) is 0 Å². The van der Waals surface area contributed by atoms with E-state index in [4.69, 9.17) is 0 Å². The summed E-state index contributed by atoms with van der Waals surface area (Å²) >= 11 is 0. The van der Waals surface area contributed by atoms with E-state index in [1.54, 1.807) is 0 Å². The van der Waals surface area contributed by atoms with E-state index >= 15 is 0 Å². The topological polar surface area (TPSA) is 29.1 Å². The highest BCUT2D eigenvalue weighted by molar-refractivity contribution is 5.92. The van der Waals surface area contributed by atoms with Crippen molar-refractivity contribution in [3.05, 3.63) is 0 Å². The van der Waals surface area contributed by atoms with Crippen molar-refractivity contribution in [3.8, 4) is 0 Å². The Labute approximate surface area is 89.8 Å². The van der Waals surface area contributed by atoms with Crippen LogP contribution in [0.3, 0.4) is 0 Å². The summed E-state index contributed by atoms with van der Waals surface area (Å²) in [6.45, 7) is 6.61. The number of carbonyl (C=O) groups excluding carboxylic acids is 1. The van der Waals surface area contributed by atoms with Gasteiger partial charge in [0.05, 0.1) is 5.41 Å². The quantitative estimate of drug-likeness (QED) is 0.719. The van der Waals surface area contributed by atoms with Crippen molar-refractivity contribution in [2.75, 3.05) is 0 Å². The van der Waals surface area contributed by atoms with Gasteiger partial charge in [-0.3, -0.25) is 4.79 Å². The van der Waals surface area contributed by atoms with Crippen LogP contribution in [0.1, 0.15) is 20.8 Å². The Morgan fingerprint density at radius 1 is 1.07 bits per heavy atom. The maximum absolute atomic E-state index is 12.2. The molecule has 6 saturated carbocycles. The Morgan fingerprint density at radius 2 is 1.53 bits per heavy atom. The van der Waals surface area contributed by atoms with Crippen LogP contribution in [0.15, 0.2) is 0 Å². The van der Waals surface area contributed by atoms with Gasteiger partial charge >= 0.3 is 0 Å². The van der Waals surface area contributed by atoms with Crippen LogP contribution in [0, 0.1) is 46.3 Å². The zero-order valence-corrected chi connectivity index (χ0v) is 9.45. The number of hydrogen-bond acceptors (Lipinski definition) is 1. The average Bonchev–Trinajstić information content (AvgIpc) is 2.17. The standard InChI is InChI=1S/C13H17NO/c1-4(2)14-11(15)13-8-5-9(13)7-10(13)6(8)12(5,7)3/h4-10H,1-3H3,(H,14,15).